The Morgan fingerprint density at radius 3 is 2.37 bits per heavy atom. The van der Waals surface area contributed by atoms with Crippen molar-refractivity contribution in [2.75, 3.05) is 5.32 Å². The minimum atomic E-state index is -0.133. The fraction of sp³-hybridized carbons (Fsp3) is 0.318. The fourth-order valence-corrected chi connectivity index (χ4v) is 3.71. The van der Waals surface area contributed by atoms with Gasteiger partial charge in [-0.2, -0.15) is 4.98 Å². The van der Waals surface area contributed by atoms with Gasteiger partial charge in [0, 0.05) is 22.7 Å². The van der Waals surface area contributed by atoms with Crippen molar-refractivity contribution in [3.8, 4) is 11.4 Å². The molecule has 1 heterocycles. The van der Waals surface area contributed by atoms with Crippen molar-refractivity contribution < 1.29 is 9.32 Å². The molecule has 2 aromatic carbocycles. The first kappa shape index (κ1) is 17.5. The third-order valence-corrected chi connectivity index (χ3v) is 5.03. The molecule has 1 amide bonds. The zero-order valence-electron chi connectivity index (χ0n) is 15.7. The number of carbonyl (C=O) groups is 1. The summed E-state index contributed by atoms with van der Waals surface area (Å²) in [6.07, 6.45) is 4.71. The highest BCUT2D eigenvalue weighted by molar-refractivity contribution is 6.04. The molecule has 0 bridgehead atoms. The SMILES string of the molecule is Cc1cc(C)cc(NC(=O)c2ccc(-c3noc(C4CCCC4)n3)cc2)c1. The van der Waals surface area contributed by atoms with Gasteiger partial charge in [-0.05, 0) is 62.1 Å². The third kappa shape index (κ3) is 3.92. The molecule has 0 unspecified atom stereocenters. The van der Waals surface area contributed by atoms with Crippen LogP contribution in [0.25, 0.3) is 11.4 Å². The van der Waals surface area contributed by atoms with E-state index in [1.165, 1.54) is 12.8 Å². The lowest BCUT2D eigenvalue weighted by Gasteiger charge is -2.08. The first-order chi connectivity index (χ1) is 13.1. The van der Waals surface area contributed by atoms with Crippen molar-refractivity contribution in [3.63, 3.8) is 0 Å². The molecule has 1 aliphatic carbocycles. The van der Waals surface area contributed by atoms with E-state index < -0.39 is 0 Å². The summed E-state index contributed by atoms with van der Waals surface area (Å²) in [4.78, 5) is 17.0. The van der Waals surface area contributed by atoms with Crippen molar-refractivity contribution in [1.29, 1.82) is 0 Å². The zero-order chi connectivity index (χ0) is 18.8. The van der Waals surface area contributed by atoms with E-state index in [1.54, 1.807) is 12.1 Å². The number of hydrogen-bond donors (Lipinski definition) is 1. The molecule has 3 aromatic rings. The second-order valence-corrected chi connectivity index (χ2v) is 7.35. The van der Waals surface area contributed by atoms with Crippen LogP contribution in [0.3, 0.4) is 0 Å². The highest BCUT2D eigenvalue weighted by atomic mass is 16.5. The molecule has 1 aliphatic rings. The van der Waals surface area contributed by atoms with E-state index in [2.05, 4.69) is 21.5 Å². The summed E-state index contributed by atoms with van der Waals surface area (Å²) < 4.78 is 5.44. The molecule has 0 spiro atoms. The van der Waals surface area contributed by atoms with Gasteiger partial charge in [0.05, 0.1) is 0 Å². The number of amides is 1. The van der Waals surface area contributed by atoms with Crippen LogP contribution in [0.4, 0.5) is 5.69 Å². The van der Waals surface area contributed by atoms with E-state index >= 15 is 0 Å². The van der Waals surface area contributed by atoms with Gasteiger partial charge in [-0.15, -0.1) is 0 Å². The summed E-state index contributed by atoms with van der Waals surface area (Å²) >= 11 is 0. The molecule has 27 heavy (non-hydrogen) atoms. The van der Waals surface area contributed by atoms with Gasteiger partial charge in [-0.25, -0.2) is 0 Å². The first-order valence-corrected chi connectivity index (χ1v) is 9.42. The Labute approximate surface area is 158 Å². The predicted octanol–water partition coefficient (Wildman–Crippen LogP) is 5.26. The van der Waals surface area contributed by atoms with Crippen molar-refractivity contribution in [2.24, 2.45) is 0 Å². The lowest BCUT2D eigenvalue weighted by molar-refractivity contribution is 0.102. The average molecular weight is 361 g/mol. The van der Waals surface area contributed by atoms with Crippen LogP contribution in [0.1, 0.15) is 59.0 Å². The molecule has 5 nitrogen and oxygen atoms in total. The number of aryl methyl sites for hydroxylation is 2. The molecule has 0 radical (unpaired) electrons. The quantitative estimate of drug-likeness (QED) is 0.688. The Morgan fingerprint density at radius 1 is 1.04 bits per heavy atom. The van der Waals surface area contributed by atoms with Crippen molar-refractivity contribution in [3.05, 3.63) is 65.0 Å². The van der Waals surface area contributed by atoms with Crippen LogP contribution < -0.4 is 5.32 Å². The number of hydrogen-bond acceptors (Lipinski definition) is 4. The molecule has 1 aromatic heterocycles. The standard InChI is InChI=1S/C22H23N3O2/c1-14-11-15(2)13-19(12-14)23-21(26)17-9-7-16(8-10-17)20-24-22(27-25-20)18-5-3-4-6-18/h7-13,18H,3-6H2,1-2H3,(H,23,26). The average Bonchev–Trinajstić information content (AvgIpc) is 3.32. The van der Waals surface area contributed by atoms with E-state index in [9.17, 15) is 4.79 Å². The lowest BCUT2D eigenvalue weighted by Crippen LogP contribution is -2.12. The largest absolute Gasteiger partial charge is 0.339 e. The number of nitrogens with one attached hydrogen (secondary N) is 1. The van der Waals surface area contributed by atoms with Gasteiger partial charge in [0.1, 0.15) is 0 Å². The fourth-order valence-electron chi connectivity index (χ4n) is 3.71. The number of carbonyl (C=O) groups excluding carboxylic acids is 1. The van der Waals surface area contributed by atoms with Crippen molar-refractivity contribution in [1.82, 2.24) is 10.1 Å². The molecule has 0 atom stereocenters. The van der Waals surface area contributed by atoms with Crippen LogP contribution in [0.2, 0.25) is 0 Å². The maximum absolute atomic E-state index is 12.5. The van der Waals surface area contributed by atoms with Crippen LogP contribution in [-0.2, 0) is 0 Å². The van der Waals surface area contributed by atoms with Gasteiger partial charge in [0.2, 0.25) is 11.7 Å². The van der Waals surface area contributed by atoms with Gasteiger partial charge in [-0.3, -0.25) is 4.79 Å². The van der Waals surface area contributed by atoms with Gasteiger partial charge in [-0.1, -0.05) is 36.2 Å². The Hall–Kier alpha value is -2.95. The van der Waals surface area contributed by atoms with Gasteiger partial charge >= 0.3 is 0 Å². The van der Waals surface area contributed by atoms with Gasteiger partial charge < -0.3 is 9.84 Å². The molecular formula is C22H23N3O2. The summed E-state index contributed by atoms with van der Waals surface area (Å²) in [5.74, 6) is 1.58. The van der Waals surface area contributed by atoms with E-state index in [1.807, 2.05) is 38.1 Å². The zero-order valence-corrected chi connectivity index (χ0v) is 15.7. The Bertz CT molecular complexity index is 934. The molecule has 4 rings (SSSR count). The summed E-state index contributed by atoms with van der Waals surface area (Å²) in [5.41, 5.74) is 4.50. The molecular weight excluding hydrogens is 338 g/mol. The highest BCUT2D eigenvalue weighted by Gasteiger charge is 2.23. The van der Waals surface area contributed by atoms with Crippen LogP contribution in [0, 0.1) is 13.8 Å². The summed E-state index contributed by atoms with van der Waals surface area (Å²) in [7, 11) is 0. The maximum atomic E-state index is 12.5. The smallest absolute Gasteiger partial charge is 0.255 e. The Balaban J connectivity index is 1.47. The summed E-state index contributed by atoms with van der Waals surface area (Å²) in [6.45, 7) is 4.03. The minimum Gasteiger partial charge on any atom is -0.339 e. The second-order valence-electron chi connectivity index (χ2n) is 7.35. The van der Waals surface area contributed by atoms with Gasteiger partial charge in [0.25, 0.3) is 5.91 Å². The Morgan fingerprint density at radius 2 is 1.70 bits per heavy atom. The van der Waals surface area contributed by atoms with E-state index in [0.29, 0.717) is 17.3 Å². The molecule has 0 saturated heterocycles. The monoisotopic (exact) mass is 361 g/mol. The van der Waals surface area contributed by atoms with Crippen molar-refractivity contribution >= 4 is 11.6 Å². The number of rotatable bonds is 4. The van der Waals surface area contributed by atoms with E-state index in [4.69, 9.17) is 4.52 Å². The van der Waals surface area contributed by atoms with Crippen LogP contribution in [0.15, 0.2) is 47.0 Å². The van der Waals surface area contributed by atoms with Crippen molar-refractivity contribution in [2.45, 2.75) is 45.4 Å². The van der Waals surface area contributed by atoms with E-state index in [0.717, 1.165) is 41.1 Å². The molecule has 1 fully saturated rings. The summed E-state index contributed by atoms with van der Waals surface area (Å²) in [5, 5.41) is 7.06. The third-order valence-electron chi connectivity index (χ3n) is 5.03. The normalized spacial score (nSPS) is 14.4. The Kier molecular flexibility index (Phi) is 4.75. The summed E-state index contributed by atoms with van der Waals surface area (Å²) in [6, 6.07) is 13.3. The lowest BCUT2D eigenvalue weighted by atomic mass is 10.1. The second kappa shape index (κ2) is 7.35. The van der Waals surface area contributed by atoms with Gasteiger partial charge in [0.15, 0.2) is 0 Å². The van der Waals surface area contributed by atoms with Crippen LogP contribution >= 0.6 is 0 Å². The topological polar surface area (TPSA) is 68.0 Å². The molecule has 5 heteroatoms. The number of aromatic nitrogens is 2. The van der Waals surface area contributed by atoms with E-state index in [-0.39, 0.29) is 5.91 Å². The molecule has 0 aliphatic heterocycles. The highest BCUT2D eigenvalue weighted by Crippen LogP contribution is 2.33. The van der Waals surface area contributed by atoms with Crippen LogP contribution in [-0.4, -0.2) is 16.0 Å². The number of nitrogens with zero attached hydrogens (tertiary/aromatic N) is 2. The predicted molar refractivity (Wildman–Crippen MR) is 105 cm³/mol. The van der Waals surface area contributed by atoms with Crippen LogP contribution in [0.5, 0.6) is 0 Å². The number of anilines is 1. The molecule has 138 valence electrons. The number of benzene rings is 2. The maximum Gasteiger partial charge on any atom is 0.255 e. The molecule has 1 N–H and O–H groups in total. The molecule has 1 saturated carbocycles. The minimum absolute atomic E-state index is 0.133. The first-order valence-electron chi connectivity index (χ1n) is 9.42.